The van der Waals surface area contributed by atoms with Crippen molar-refractivity contribution in [3.63, 3.8) is 0 Å². The molecule has 2 aliphatic heterocycles. The molecule has 2 aliphatic rings. The summed E-state index contributed by atoms with van der Waals surface area (Å²) in [5.74, 6) is -1.84. The number of morpholine rings is 1. The van der Waals surface area contributed by atoms with Gasteiger partial charge in [0.25, 0.3) is 0 Å². The highest BCUT2D eigenvalue weighted by Gasteiger charge is 2.36. The molecule has 2 aromatic rings. The van der Waals surface area contributed by atoms with E-state index in [0.717, 1.165) is 6.07 Å². The third-order valence-corrected chi connectivity index (χ3v) is 6.27. The minimum absolute atomic E-state index is 0.103. The summed E-state index contributed by atoms with van der Waals surface area (Å²) >= 11 is 7.60. The highest BCUT2D eigenvalue weighted by molar-refractivity contribution is 7.11. The summed E-state index contributed by atoms with van der Waals surface area (Å²) < 4.78 is 24.4. The maximum absolute atomic E-state index is 13.8. The molecule has 4 rings (SSSR count). The largest absolute Gasteiger partial charge is 0.479 e. The maximum atomic E-state index is 13.8. The van der Waals surface area contributed by atoms with E-state index in [2.05, 4.69) is 20.5 Å². The average Bonchev–Trinajstić information content (AvgIpc) is 3.34. The van der Waals surface area contributed by atoms with Crippen molar-refractivity contribution >= 4 is 40.7 Å². The van der Waals surface area contributed by atoms with Gasteiger partial charge in [-0.15, -0.1) is 10.2 Å². The predicted octanol–water partition coefficient (Wildman–Crippen LogP) is 2.02. The topological polar surface area (TPSA) is 126 Å². The lowest BCUT2D eigenvalue weighted by Crippen LogP contribution is -2.48. The van der Waals surface area contributed by atoms with Crippen molar-refractivity contribution in [1.29, 1.82) is 0 Å². The normalized spacial score (nSPS) is 21.1. The number of rotatable bonds is 7. The molecule has 2 N–H and O–H groups in total. The number of hydrogen-bond donors (Lipinski definition) is 2. The number of hydrogen-bond acceptors (Lipinski definition) is 10. The van der Waals surface area contributed by atoms with Crippen molar-refractivity contribution in [2.75, 3.05) is 32.8 Å². The third-order valence-electron chi connectivity index (χ3n) is 5.25. The Morgan fingerprint density at radius 1 is 1.44 bits per heavy atom. The van der Waals surface area contributed by atoms with Crippen LogP contribution >= 0.6 is 22.9 Å². The van der Waals surface area contributed by atoms with Crippen LogP contribution in [0.5, 0.6) is 0 Å². The minimum atomic E-state index is -1.06. The molecule has 1 fully saturated rings. The first-order valence-corrected chi connectivity index (χ1v) is 11.7. The van der Waals surface area contributed by atoms with E-state index in [1.165, 1.54) is 23.5 Å². The number of halogens is 2. The minimum Gasteiger partial charge on any atom is -0.479 e. The highest BCUT2D eigenvalue weighted by Crippen LogP contribution is 2.37. The van der Waals surface area contributed by atoms with Gasteiger partial charge in [-0.2, -0.15) is 0 Å². The average molecular weight is 510 g/mol. The molecule has 3 heterocycles. The summed E-state index contributed by atoms with van der Waals surface area (Å²) in [6, 6.07) is 2.96. The van der Waals surface area contributed by atoms with Gasteiger partial charge in [0.1, 0.15) is 17.4 Å². The second-order valence-electron chi connectivity index (χ2n) is 7.46. The zero-order valence-electron chi connectivity index (χ0n) is 18.0. The molecule has 2 unspecified atom stereocenters. The molecule has 0 bridgehead atoms. The van der Waals surface area contributed by atoms with Crippen LogP contribution in [-0.4, -0.2) is 76.9 Å². The van der Waals surface area contributed by atoms with Crippen LogP contribution in [0.1, 0.15) is 23.5 Å². The molecule has 0 saturated carbocycles. The lowest BCUT2D eigenvalue weighted by molar-refractivity contribution is -0.155. The van der Waals surface area contributed by atoms with Crippen LogP contribution in [0.15, 0.2) is 40.0 Å². The van der Waals surface area contributed by atoms with Gasteiger partial charge in [0.2, 0.25) is 0 Å². The molecule has 1 saturated heterocycles. The number of nitrogens with zero attached hydrogens (tertiary/aromatic N) is 4. The lowest BCUT2D eigenvalue weighted by Gasteiger charge is -2.34. The Hall–Kier alpha value is -2.93. The quantitative estimate of drug-likeness (QED) is 0.539. The van der Waals surface area contributed by atoms with E-state index in [-0.39, 0.29) is 36.9 Å². The first-order chi connectivity index (χ1) is 16.4. The molecular formula is C21H21ClFN5O5S. The Balaban J connectivity index is 1.79. The van der Waals surface area contributed by atoms with Crippen LogP contribution in [0, 0.1) is 5.82 Å². The fourth-order valence-corrected chi connectivity index (χ4v) is 4.50. The van der Waals surface area contributed by atoms with Crippen LogP contribution < -0.4 is 5.32 Å². The van der Waals surface area contributed by atoms with E-state index in [1.807, 2.05) is 4.90 Å². The molecule has 0 amide bonds. The smallest absolute Gasteiger partial charge is 0.338 e. The van der Waals surface area contributed by atoms with Gasteiger partial charge in [-0.05, 0) is 19.1 Å². The molecule has 10 nitrogen and oxygen atoms in total. The van der Waals surface area contributed by atoms with E-state index in [0.29, 0.717) is 28.6 Å². The maximum Gasteiger partial charge on any atom is 0.338 e. The standard InChI is InChI=1S/C21H21ClFN5O5S/c1-2-32-21(31)16-14(8-28-5-6-33-15(9-28)20(29)30)25-18(19-27-24-10-34-19)26-17(16)12-4-3-11(23)7-13(12)22/h3-4,7,10,15,17H,2,5-6,8-9H2,1H3,(H,25,26)(H,29,30). The second-order valence-corrected chi connectivity index (χ2v) is 8.70. The molecule has 1 aromatic carbocycles. The third kappa shape index (κ3) is 5.25. The Bertz CT molecular complexity index is 1140. The number of carbonyl (C=O) groups is 2. The van der Waals surface area contributed by atoms with Gasteiger partial charge < -0.3 is 19.9 Å². The van der Waals surface area contributed by atoms with Gasteiger partial charge in [0.05, 0.1) is 18.8 Å². The Morgan fingerprint density at radius 3 is 2.94 bits per heavy atom. The summed E-state index contributed by atoms with van der Waals surface area (Å²) in [6.07, 6.45) is -0.984. The number of benzene rings is 1. The van der Waals surface area contributed by atoms with E-state index < -0.39 is 29.9 Å². The van der Waals surface area contributed by atoms with E-state index in [1.54, 1.807) is 12.4 Å². The SMILES string of the molecule is CCOC(=O)C1=C(CN2CCOC(C(=O)O)C2)NC(c2nncs2)=NC1c1ccc(F)cc1Cl. The molecule has 13 heteroatoms. The molecule has 0 spiro atoms. The number of esters is 1. The zero-order valence-corrected chi connectivity index (χ0v) is 19.6. The first kappa shape index (κ1) is 24.2. The monoisotopic (exact) mass is 509 g/mol. The number of carbonyl (C=O) groups excluding carboxylic acids is 1. The van der Waals surface area contributed by atoms with Crippen molar-refractivity contribution in [3.05, 3.63) is 56.4 Å². The van der Waals surface area contributed by atoms with E-state index in [4.69, 9.17) is 21.1 Å². The number of aliphatic imine (C=N–C) groups is 1. The first-order valence-electron chi connectivity index (χ1n) is 10.4. The summed E-state index contributed by atoms with van der Waals surface area (Å²) in [5, 5.41) is 21.0. The molecular weight excluding hydrogens is 489 g/mol. The summed E-state index contributed by atoms with van der Waals surface area (Å²) in [5.41, 5.74) is 2.61. The Kier molecular flexibility index (Phi) is 7.51. The van der Waals surface area contributed by atoms with Crippen LogP contribution in [0.3, 0.4) is 0 Å². The van der Waals surface area contributed by atoms with Crippen LogP contribution in [0.2, 0.25) is 5.02 Å². The summed E-state index contributed by atoms with van der Waals surface area (Å²) in [7, 11) is 0. The molecule has 2 atom stereocenters. The number of aromatic nitrogens is 2. The molecule has 34 heavy (non-hydrogen) atoms. The number of ether oxygens (including phenoxy) is 2. The fourth-order valence-electron chi connectivity index (χ4n) is 3.72. The van der Waals surface area contributed by atoms with Gasteiger partial charge in [-0.3, -0.25) is 9.89 Å². The lowest BCUT2D eigenvalue weighted by atomic mass is 9.95. The van der Waals surface area contributed by atoms with Crippen LogP contribution in [-0.2, 0) is 19.1 Å². The van der Waals surface area contributed by atoms with Gasteiger partial charge >= 0.3 is 11.9 Å². The number of carboxylic acid groups (broad SMARTS) is 1. The van der Waals surface area contributed by atoms with Gasteiger partial charge in [-0.25, -0.2) is 14.0 Å². The van der Waals surface area contributed by atoms with Crippen molar-refractivity contribution in [3.8, 4) is 0 Å². The fraction of sp³-hybridized carbons (Fsp3) is 0.381. The number of nitrogens with one attached hydrogen (secondary N) is 1. The van der Waals surface area contributed by atoms with Crippen molar-refractivity contribution < 1.29 is 28.6 Å². The number of carboxylic acids is 1. The molecule has 0 radical (unpaired) electrons. The summed E-state index contributed by atoms with van der Waals surface area (Å²) in [4.78, 5) is 31.1. The van der Waals surface area contributed by atoms with Crippen LogP contribution in [0.4, 0.5) is 4.39 Å². The molecule has 180 valence electrons. The van der Waals surface area contributed by atoms with E-state index >= 15 is 0 Å². The van der Waals surface area contributed by atoms with Crippen molar-refractivity contribution in [2.24, 2.45) is 4.99 Å². The van der Waals surface area contributed by atoms with E-state index in [9.17, 15) is 19.1 Å². The molecule has 1 aromatic heterocycles. The van der Waals surface area contributed by atoms with Gasteiger partial charge in [0, 0.05) is 35.9 Å². The molecule has 0 aliphatic carbocycles. The number of aliphatic carboxylic acids is 1. The second kappa shape index (κ2) is 10.6. The van der Waals surface area contributed by atoms with Crippen LogP contribution in [0.25, 0.3) is 0 Å². The van der Waals surface area contributed by atoms with Crippen molar-refractivity contribution in [1.82, 2.24) is 20.4 Å². The Labute approximate surface area is 203 Å². The van der Waals surface area contributed by atoms with Crippen molar-refractivity contribution in [2.45, 2.75) is 19.1 Å². The van der Waals surface area contributed by atoms with Gasteiger partial charge in [0.15, 0.2) is 16.9 Å². The number of amidine groups is 1. The predicted molar refractivity (Wildman–Crippen MR) is 121 cm³/mol. The Morgan fingerprint density at radius 2 is 2.26 bits per heavy atom. The summed E-state index contributed by atoms with van der Waals surface area (Å²) in [6.45, 7) is 2.81. The zero-order chi connectivity index (χ0) is 24.2. The highest BCUT2D eigenvalue weighted by atomic mass is 35.5. The van der Waals surface area contributed by atoms with Gasteiger partial charge in [-0.1, -0.05) is 29.0 Å².